The van der Waals surface area contributed by atoms with E-state index in [4.69, 9.17) is 9.52 Å². The molecule has 0 spiro atoms. The molecule has 1 aliphatic rings. The highest BCUT2D eigenvalue weighted by Gasteiger charge is 2.35. The summed E-state index contributed by atoms with van der Waals surface area (Å²) in [5.74, 6) is -0.0303. The summed E-state index contributed by atoms with van der Waals surface area (Å²) in [7, 11) is 0. The molecule has 1 aromatic heterocycles. The first-order chi connectivity index (χ1) is 7.18. The van der Waals surface area contributed by atoms with Gasteiger partial charge in [0.15, 0.2) is 0 Å². The number of nitrogens with zero attached hydrogens (tertiary/aromatic N) is 1. The summed E-state index contributed by atoms with van der Waals surface area (Å²) in [5.41, 5.74) is 0. The van der Waals surface area contributed by atoms with Gasteiger partial charge in [0, 0.05) is 6.04 Å². The first kappa shape index (κ1) is 10.2. The van der Waals surface area contributed by atoms with E-state index in [-0.39, 0.29) is 12.0 Å². The molecule has 0 radical (unpaired) electrons. The van der Waals surface area contributed by atoms with E-state index >= 15 is 0 Å². The van der Waals surface area contributed by atoms with Gasteiger partial charge in [-0.3, -0.25) is 9.69 Å². The van der Waals surface area contributed by atoms with Gasteiger partial charge < -0.3 is 9.52 Å². The van der Waals surface area contributed by atoms with Crippen molar-refractivity contribution in [2.75, 3.05) is 6.54 Å². The second kappa shape index (κ2) is 4.06. The minimum absolute atomic E-state index is 0.0904. The van der Waals surface area contributed by atoms with Crippen molar-refractivity contribution in [1.82, 2.24) is 4.90 Å². The van der Waals surface area contributed by atoms with E-state index in [1.165, 1.54) is 0 Å². The quantitative estimate of drug-likeness (QED) is 0.821. The lowest BCUT2D eigenvalue weighted by Crippen LogP contribution is -2.32. The molecule has 0 saturated carbocycles. The fraction of sp³-hybridized carbons (Fsp3) is 0.545. The largest absolute Gasteiger partial charge is 0.481 e. The van der Waals surface area contributed by atoms with Crippen LogP contribution in [0.3, 0.4) is 0 Å². The van der Waals surface area contributed by atoms with Gasteiger partial charge >= 0.3 is 5.97 Å². The van der Waals surface area contributed by atoms with Gasteiger partial charge in [0.25, 0.3) is 0 Å². The Morgan fingerprint density at radius 2 is 2.53 bits per heavy atom. The topological polar surface area (TPSA) is 53.7 Å². The number of furan rings is 1. The van der Waals surface area contributed by atoms with Gasteiger partial charge in [0.2, 0.25) is 0 Å². The number of hydrogen-bond donors (Lipinski definition) is 1. The van der Waals surface area contributed by atoms with Crippen molar-refractivity contribution in [3.63, 3.8) is 0 Å². The molecule has 0 bridgehead atoms. The van der Waals surface area contributed by atoms with Crippen LogP contribution in [-0.2, 0) is 11.3 Å². The van der Waals surface area contributed by atoms with E-state index in [2.05, 4.69) is 4.90 Å². The van der Waals surface area contributed by atoms with Crippen LogP contribution in [0.5, 0.6) is 0 Å². The zero-order chi connectivity index (χ0) is 10.8. The van der Waals surface area contributed by atoms with Crippen LogP contribution in [0.1, 0.15) is 19.1 Å². The molecule has 2 heterocycles. The van der Waals surface area contributed by atoms with Gasteiger partial charge in [-0.25, -0.2) is 0 Å². The van der Waals surface area contributed by atoms with Gasteiger partial charge in [-0.05, 0) is 32.0 Å². The fourth-order valence-electron chi connectivity index (χ4n) is 2.16. The van der Waals surface area contributed by atoms with Crippen LogP contribution < -0.4 is 0 Å². The zero-order valence-electron chi connectivity index (χ0n) is 8.72. The van der Waals surface area contributed by atoms with E-state index in [0.717, 1.165) is 18.7 Å². The molecule has 2 unspecified atom stereocenters. The summed E-state index contributed by atoms with van der Waals surface area (Å²) < 4.78 is 5.25. The SMILES string of the molecule is CC1C(C(=O)O)CCN1Cc1ccco1. The normalized spacial score (nSPS) is 27.0. The molecule has 1 fully saturated rings. The number of carbonyl (C=O) groups is 1. The molecule has 1 aromatic rings. The van der Waals surface area contributed by atoms with Crippen molar-refractivity contribution >= 4 is 5.97 Å². The molecule has 2 atom stereocenters. The Bertz CT molecular complexity index is 334. The molecule has 4 nitrogen and oxygen atoms in total. The highest BCUT2D eigenvalue weighted by Crippen LogP contribution is 2.25. The van der Waals surface area contributed by atoms with Crippen LogP contribution in [0.4, 0.5) is 0 Å². The maximum atomic E-state index is 10.9. The summed E-state index contributed by atoms with van der Waals surface area (Å²) >= 11 is 0. The number of carboxylic acids is 1. The molecular formula is C11H15NO3. The van der Waals surface area contributed by atoms with Gasteiger partial charge in [0.05, 0.1) is 18.7 Å². The van der Waals surface area contributed by atoms with Crippen molar-refractivity contribution in [1.29, 1.82) is 0 Å². The summed E-state index contributed by atoms with van der Waals surface area (Å²) in [6.45, 7) is 3.51. The average molecular weight is 209 g/mol. The molecule has 15 heavy (non-hydrogen) atoms. The number of aliphatic carboxylic acids is 1. The summed E-state index contributed by atoms with van der Waals surface area (Å²) in [4.78, 5) is 13.1. The Hall–Kier alpha value is -1.29. The van der Waals surface area contributed by atoms with Crippen LogP contribution in [0.2, 0.25) is 0 Å². The van der Waals surface area contributed by atoms with Crippen LogP contribution in [0, 0.1) is 5.92 Å². The molecule has 0 aromatic carbocycles. The van der Waals surface area contributed by atoms with E-state index in [0.29, 0.717) is 6.54 Å². The molecule has 2 rings (SSSR count). The van der Waals surface area contributed by atoms with Gasteiger partial charge in [0.1, 0.15) is 5.76 Å². The summed E-state index contributed by atoms with van der Waals surface area (Å²) in [6.07, 6.45) is 2.38. The Kier molecular flexibility index (Phi) is 2.77. The molecule has 82 valence electrons. The van der Waals surface area contributed by atoms with Crippen molar-refractivity contribution < 1.29 is 14.3 Å². The number of hydrogen-bond acceptors (Lipinski definition) is 3. The maximum absolute atomic E-state index is 10.9. The smallest absolute Gasteiger partial charge is 0.308 e. The number of carboxylic acid groups (broad SMARTS) is 1. The summed E-state index contributed by atoms with van der Waals surface area (Å²) in [6, 6.07) is 3.86. The van der Waals surface area contributed by atoms with E-state index in [1.807, 2.05) is 19.1 Å². The van der Waals surface area contributed by atoms with E-state index < -0.39 is 5.97 Å². The van der Waals surface area contributed by atoms with Crippen molar-refractivity contribution in [3.05, 3.63) is 24.2 Å². The van der Waals surface area contributed by atoms with E-state index in [9.17, 15) is 4.79 Å². The second-order valence-corrected chi connectivity index (χ2v) is 4.02. The molecular weight excluding hydrogens is 194 g/mol. The lowest BCUT2D eigenvalue weighted by Gasteiger charge is -2.21. The van der Waals surface area contributed by atoms with Crippen molar-refractivity contribution in [2.24, 2.45) is 5.92 Å². The fourth-order valence-corrected chi connectivity index (χ4v) is 2.16. The molecule has 0 amide bonds. The molecule has 4 heteroatoms. The number of likely N-dealkylation sites (tertiary alicyclic amines) is 1. The Labute approximate surface area is 88.5 Å². The van der Waals surface area contributed by atoms with Gasteiger partial charge in [-0.2, -0.15) is 0 Å². The van der Waals surface area contributed by atoms with Crippen molar-refractivity contribution in [2.45, 2.75) is 25.9 Å². The third-order valence-electron chi connectivity index (χ3n) is 3.14. The van der Waals surface area contributed by atoms with Crippen LogP contribution in [0.15, 0.2) is 22.8 Å². The standard InChI is InChI=1S/C11H15NO3/c1-8-10(11(13)14)4-5-12(8)7-9-3-2-6-15-9/h2-3,6,8,10H,4-5,7H2,1H3,(H,13,14). The highest BCUT2D eigenvalue weighted by atomic mass is 16.4. The maximum Gasteiger partial charge on any atom is 0.308 e. The van der Waals surface area contributed by atoms with Gasteiger partial charge in [-0.15, -0.1) is 0 Å². The zero-order valence-corrected chi connectivity index (χ0v) is 8.72. The van der Waals surface area contributed by atoms with Crippen molar-refractivity contribution in [3.8, 4) is 0 Å². The second-order valence-electron chi connectivity index (χ2n) is 4.02. The molecule has 0 aliphatic carbocycles. The van der Waals surface area contributed by atoms with Crippen LogP contribution >= 0.6 is 0 Å². The third kappa shape index (κ3) is 2.04. The van der Waals surface area contributed by atoms with E-state index in [1.54, 1.807) is 6.26 Å². The number of rotatable bonds is 3. The monoisotopic (exact) mass is 209 g/mol. The third-order valence-corrected chi connectivity index (χ3v) is 3.14. The van der Waals surface area contributed by atoms with Gasteiger partial charge in [-0.1, -0.05) is 0 Å². The Balaban J connectivity index is 1.98. The highest BCUT2D eigenvalue weighted by molar-refractivity contribution is 5.71. The first-order valence-electron chi connectivity index (χ1n) is 5.17. The Morgan fingerprint density at radius 1 is 1.73 bits per heavy atom. The lowest BCUT2D eigenvalue weighted by atomic mass is 10.0. The predicted octanol–water partition coefficient (Wildman–Crippen LogP) is 1.57. The molecule has 1 N–H and O–H groups in total. The first-order valence-corrected chi connectivity index (χ1v) is 5.17. The lowest BCUT2D eigenvalue weighted by molar-refractivity contribution is -0.142. The molecule has 1 saturated heterocycles. The Morgan fingerprint density at radius 3 is 3.07 bits per heavy atom. The average Bonchev–Trinajstić information content (AvgIpc) is 2.78. The summed E-state index contributed by atoms with van der Waals surface area (Å²) in [5, 5.41) is 8.98. The van der Waals surface area contributed by atoms with Crippen LogP contribution in [-0.4, -0.2) is 28.6 Å². The minimum Gasteiger partial charge on any atom is -0.481 e. The minimum atomic E-state index is -0.690. The molecule has 1 aliphatic heterocycles. The van der Waals surface area contributed by atoms with Crippen LogP contribution in [0.25, 0.3) is 0 Å². The predicted molar refractivity (Wildman–Crippen MR) is 54.3 cm³/mol.